The van der Waals surface area contributed by atoms with Crippen LogP contribution in [-0.2, 0) is 9.53 Å². The van der Waals surface area contributed by atoms with Gasteiger partial charge in [-0.2, -0.15) is 0 Å². The lowest BCUT2D eigenvalue weighted by Crippen LogP contribution is -2.31. The normalized spacial score (nSPS) is 27.7. The van der Waals surface area contributed by atoms with Crippen LogP contribution in [0, 0.1) is 5.92 Å². The summed E-state index contributed by atoms with van der Waals surface area (Å²) < 4.78 is 5.66. The minimum Gasteiger partial charge on any atom is -0.373 e. The Hall–Kier alpha value is -1.40. The predicted octanol–water partition coefficient (Wildman–Crippen LogP) is 2.34. The van der Waals surface area contributed by atoms with E-state index in [1.807, 2.05) is 17.0 Å². The van der Waals surface area contributed by atoms with Gasteiger partial charge in [-0.15, -0.1) is 11.3 Å². The maximum absolute atomic E-state index is 12.3. The van der Waals surface area contributed by atoms with Gasteiger partial charge in [0.05, 0.1) is 11.0 Å². The number of nitrogens with one attached hydrogen (secondary N) is 1. The molecule has 1 N–H and O–H groups in total. The second kappa shape index (κ2) is 6.24. The Morgan fingerprint density at radius 3 is 2.96 bits per heavy atom. The number of carbonyl (C=O) groups is 2. The highest BCUT2D eigenvalue weighted by Gasteiger charge is 2.39. The van der Waals surface area contributed by atoms with Gasteiger partial charge in [0, 0.05) is 43.0 Å². The lowest BCUT2D eigenvalue weighted by Gasteiger charge is -2.15. The Labute approximate surface area is 140 Å². The summed E-state index contributed by atoms with van der Waals surface area (Å²) in [7, 11) is 0. The maximum Gasteiger partial charge on any atom is 0.261 e. The fourth-order valence-electron chi connectivity index (χ4n) is 3.46. The van der Waals surface area contributed by atoms with Crippen molar-refractivity contribution in [1.29, 1.82) is 0 Å². The molecule has 3 aliphatic rings. The van der Waals surface area contributed by atoms with E-state index in [4.69, 9.17) is 4.74 Å². The number of hydrogen-bond acceptors (Lipinski definition) is 4. The Kier molecular flexibility index (Phi) is 4.11. The molecule has 3 fully saturated rings. The molecule has 6 heteroatoms. The number of hydrogen-bond donors (Lipinski definition) is 1. The number of nitrogens with zero attached hydrogens (tertiary/aromatic N) is 1. The van der Waals surface area contributed by atoms with E-state index < -0.39 is 0 Å². The van der Waals surface area contributed by atoms with Crippen LogP contribution in [0.15, 0.2) is 12.1 Å². The zero-order valence-corrected chi connectivity index (χ0v) is 13.9. The van der Waals surface area contributed by atoms with Crippen LogP contribution in [0.4, 0.5) is 0 Å². The van der Waals surface area contributed by atoms with Gasteiger partial charge in [0.2, 0.25) is 5.91 Å². The van der Waals surface area contributed by atoms with Crippen molar-refractivity contribution in [2.75, 3.05) is 19.7 Å². The van der Waals surface area contributed by atoms with Gasteiger partial charge in [-0.3, -0.25) is 9.59 Å². The van der Waals surface area contributed by atoms with E-state index in [-0.39, 0.29) is 23.8 Å². The lowest BCUT2D eigenvalue weighted by molar-refractivity contribution is -0.128. The zero-order valence-electron chi connectivity index (χ0n) is 13.1. The van der Waals surface area contributed by atoms with Crippen LogP contribution in [0.25, 0.3) is 0 Å². The summed E-state index contributed by atoms with van der Waals surface area (Å²) in [6.07, 6.45) is 5.17. The molecule has 0 spiro atoms. The van der Waals surface area contributed by atoms with Crippen molar-refractivity contribution in [3.63, 3.8) is 0 Å². The van der Waals surface area contributed by atoms with Crippen LogP contribution in [0.3, 0.4) is 0 Å². The van der Waals surface area contributed by atoms with Gasteiger partial charge in [-0.05, 0) is 37.8 Å². The second-order valence-corrected chi connectivity index (χ2v) is 7.88. The van der Waals surface area contributed by atoms with Gasteiger partial charge < -0.3 is 15.0 Å². The van der Waals surface area contributed by atoms with Crippen LogP contribution >= 0.6 is 11.3 Å². The molecule has 3 heterocycles. The number of ether oxygens (including phenoxy) is 1. The highest BCUT2D eigenvalue weighted by Crippen LogP contribution is 2.34. The number of thiophene rings is 1. The minimum atomic E-state index is -0.0310. The molecule has 1 aromatic rings. The van der Waals surface area contributed by atoms with Crippen LogP contribution in [0.5, 0.6) is 0 Å². The topological polar surface area (TPSA) is 58.6 Å². The molecule has 0 aromatic carbocycles. The molecule has 2 amide bonds. The first kappa shape index (κ1) is 15.1. The average molecular weight is 334 g/mol. The predicted molar refractivity (Wildman–Crippen MR) is 87.4 cm³/mol. The number of likely N-dealkylation sites (tertiary alicyclic amines) is 1. The highest BCUT2D eigenvalue weighted by atomic mass is 32.1. The number of carbonyl (C=O) groups excluding carboxylic acids is 2. The van der Waals surface area contributed by atoms with E-state index in [1.54, 1.807) is 0 Å². The van der Waals surface area contributed by atoms with Gasteiger partial charge in [0.1, 0.15) is 0 Å². The molecule has 0 radical (unpaired) electrons. The van der Waals surface area contributed by atoms with Crippen molar-refractivity contribution in [2.24, 2.45) is 5.92 Å². The molecule has 0 bridgehead atoms. The molecule has 5 nitrogen and oxygen atoms in total. The third-order valence-electron chi connectivity index (χ3n) is 4.88. The summed E-state index contributed by atoms with van der Waals surface area (Å²) in [5.74, 6) is 0.477. The fourth-order valence-corrected chi connectivity index (χ4v) is 4.47. The smallest absolute Gasteiger partial charge is 0.261 e. The van der Waals surface area contributed by atoms with Crippen molar-refractivity contribution in [1.82, 2.24) is 10.2 Å². The third-order valence-corrected chi connectivity index (χ3v) is 6.05. The second-order valence-electron chi connectivity index (χ2n) is 6.76. The van der Waals surface area contributed by atoms with Gasteiger partial charge in [-0.1, -0.05) is 0 Å². The van der Waals surface area contributed by atoms with Crippen molar-refractivity contribution >= 4 is 23.2 Å². The Morgan fingerprint density at radius 2 is 2.22 bits per heavy atom. The Balaban J connectivity index is 1.29. The summed E-state index contributed by atoms with van der Waals surface area (Å²) in [5, 5.41) is 3.00. The van der Waals surface area contributed by atoms with Crippen LogP contribution in [-0.4, -0.2) is 42.5 Å². The summed E-state index contributed by atoms with van der Waals surface area (Å²) in [6.45, 7) is 2.20. The Morgan fingerprint density at radius 1 is 1.35 bits per heavy atom. The van der Waals surface area contributed by atoms with Crippen molar-refractivity contribution < 1.29 is 14.3 Å². The summed E-state index contributed by atoms with van der Waals surface area (Å²) in [5.41, 5.74) is 0. The average Bonchev–Trinajstić information content (AvgIpc) is 2.98. The number of rotatable bonds is 5. The van der Waals surface area contributed by atoms with Crippen LogP contribution < -0.4 is 5.32 Å². The third kappa shape index (κ3) is 3.28. The molecule has 1 saturated carbocycles. The van der Waals surface area contributed by atoms with Gasteiger partial charge in [-0.25, -0.2) is 0 Å². The van der Waals surface area contributed by atoms with Crippen molar-refractivity contribution in [3.8, 4) is 0 Å². The summed E-state index contributed by atoms with van der Waals surface area (Å²) >= 11 is 1.52. The van der Waals surface area contributed by atoms with Gasteiger partial charge >= 0.3 is 0 Å². The molecule has 2 atom stereocenters. The minimum absolute atomic E-state index is 0.0310. The molecular formula is C17H22N2O3S. The zero-order chi connectivity index (χ0) is 15.8. The van der Waals surface area contributed by atoms with Crippen molar-refractivity contribution in [3.05, 3.63) is 21.9 Å². The monoisotopic (exact) mass is 334 g/mol. The molecule has 2 saturated heterocycles. The largest absolute Gasteiger partial charge is 0.373 e. The molecule has 1 aromatic heterocycles. The molecule has 124 valence electrons. The molecule has 23 heavy (non-hydrogen) atoms. The quantitative estimate of drug-likeness (QED) is 0.899. The molecule has 1 aliphatic carbocycles. The van der Waals surface area contributed by atoms with E-state index in [1.165, 1.54) is 11.3 Å². The maximum atomic E-state index is 12.3. The first-order valence-electron chi connectivity index (χ1n) is 8.49. The van der Waals surface area contributed by atoms with E-state index >= 15 is 0 Å². The standard InChI is InChI=1S/C17H22N2O3S/c20-16-8-11(10-19(16)12-3-4-12)9-18-17(21)15-6-5-14(23-15)13-2-1-7-22-13/h5-6,11-13H,1-4,7-10H2,(H,18,21)/t11-,13+/m0/s1. The van der Waals surface area contributed by atoms with Crippen molar-refractivity contribution in [2.45, 2.75) is 44.2 Å². The summed E-state index contributed by atoms with van der Waals surface area (Å²) in [6, 6.07) is 4.37. The number of amides is 2. The van der Waals surface area contributed by atoms with Crippen LogP contribution in [0.2, 0.25) is 0 Å². The molecule has 4 rings (SSSR count). The first-order valence-corrected chi connectivity index (χ1v) is 9.31. The molecule has 0 unspecified atom stereocenters. The van der Waals surface area contributed by atoms with Gasteiger partial charge in [0.25, 0.3) is 5.91 Å². The van der Waals surface area contributed by atoms with E-state index in [0.29, 0.717) is 19.0 Å². The fraction of sp³-hybridized carbons (Fsp3) is 0.647. The molecule has 2 aliphatic heterocycles. The SMILES string of the molecule is O=C(NC[C@@H]1CC(=O)N(C2CC2)C1)c1ccc([C@H]2CCCO2)s1. The molecular weight excluding hydrogens is 312 g/mol. The van der Waals surface area contributed by atoms with E-state index in [9.17, 15) is 9.59 Å². The van der Waals surface area contributed by atoms with E-state index in [2.05, 4.69) is 5.32 Å². The highest BCUT2D eigenvalue weighted by molar-refractivity contribution is 7.14. The lowest BCUT2D eigenvalue weighted by atomic mass is 10.1. The first-order chi connectivity index (χ1) is 11.2. The van der Waals surface area contributed by atoms with Gasteiger partial charge in [0.15, 0.2) is 0 Å². The summed E-state index contributed by atoms with van der Waals surface area (Å²) in [4.78, 5) is 28.1. The Bertz CT molecular complexity index is 605. The van der Waals surface area contributed by atoms with E-state index in [0.717, 1.165) is 48.6 Å². The van der Waals surface area contributed by atoms with Crippen LogP contribution in [0.1, 0.15) is 52.8 Å².